The van der Waals surface area contributed by atoms with E-state index in [-0.39, 0.29) is 23.2 Å². The molecule has 6 heteroatoms. The number of carbonyl (C=O) groups excluding carboxylic acids is 1. The van der Waals surface area contributed by atoms with E-state index in [1.54, 1.807) is 6.07 Å². The maximum atomic E-state index is 13.6. The van der Waals surface area contributed by atoms with Gasteiger partial charge in [-0.15, -0.1) is 0 Å². The van der Waals surface area contributed by atoms with Gasteiger partial charge in [-0.05, 0) is 26.0 Å². The quantitative estimate of drug-likeness (QED) is 0.477. The van der Waals surface area contributed by atoms with E-state index in [2.05, 4.69) is 22.2 Å². The van der Waals surface area contributed by atoms with E-state index in [1.807, 2.05) is 13.8 Å². The van der Waals surface area contributed by atoms with Crippen molar-refractivity contribution in [3.05, 3.63) is 36.3 Å². The van der Waals surface area contributed by atoms with Gasteiger partial charge in [0.25, 0.3) is 5.91 Å². The summed E-state index contributed by atoms with van der Waals surface area (Å²) in [5, 5.41) is 5.29. The average molecular weight is 279 g/mol. The number of anilines is 1. The number of aliphatic imine (C=N–C) groups is 1. The van der Waals surface area contributed by atoms with Crippen molar-refractivity contribution in [3.63, 3.8) is 0 Å². The third kappa shape index (κ3) is 4.38. The molecule has 0 fully saturated rings. The van der Waals surface area contributed by atoms with Gasteiger partial charge in [-0.3, -0.25) is 4.79 Å². The van der Waals surface area contributed by atoms with Crippen molar-refractivity contribution in [1.29, 1.82) is 0 Å². The van der Waals surface area contributed by atoms with Crippen molar-refractivity contribution in [2.24, 2.45) is 4.99 Å². The summed E-state index contributed by atoms with van der Waals surface area (Å²) in [5.41, 5.74) is -0.0726. The molecule has 108 valence electrons. The monoisotopic (exact) mass is 279 g/mol. The zero-order chi connectivity index (χ0) is 15.1. The molecule has 0 spiro atoms. The SMILES string of the molecule is C=C(/N=C\NC(C)C)C(=O)Nc1c(F)cccc1OC. The smallest absolute Gasteiger partial charge is 0.273 e. The van der Waals surface area contributed by atoms with Crippen LogP contribution in [0.2, 0.25) is 0 Å². The Balaban J connectivity index is 2.76. The van der Waals surface area contributed by atoms with E-state index in [0.29, 0.717) is 0 Å². The number of nitrogens with zero attached hydrogens (tertiary/aromatic N) is 1. The lowest BCUT2D eigenvalue weighted by molar-refractivity contribution is -0.112. The fourth-order valence-corrected chi connectivity index (χ4v) is 1.30. The van der Waals surface area contributed by atoms with E-state index in [9.17, 15) is 9.18 Å². The predicted molar refractivity (Wildman–Crippen MR) is 77.5 cm³/mol. The van der Waals surface area contributed by atoms with E-state index < -0.39 is 11.7 Å². The van der Waals surface area contributed by atoms with Gasteiger partial charge < -0.3 is 15.4 Å². The van der Waals surface area contributed by atoms with Crippen LogP contribution in [0, 0.1) is 5.82 Å². The van der Waals surface area contributed by atoms with Crippen LogP contribution in [0.4, 0.5) is 10.1 Å². The molecule has 1 aromatic rings. The maximum absolute atomic E-state index is 13.6. The first-order valence-electron chi connectivity index (χ1n) is 6.07. The molecular weight excluding hydrogens is 261 g/mol. The summed E-state index contributed by atoms with van der Waals surface area (Å²) in [5.74, 6) is -0.958. The fourth-order valence-electron chi connectivity index (χ4n) is 1.30. The Morgan fingerprint density at radius 3 is 2.80 bits per heavy atom. The van der Waals surface area contributed by atoms with Gasteiger partial charge in [0.15, 0.2) is 5.82 Å². The Morgan fingerprint density at radius 1 is 1.50 bits per heavy atom. The molecule has 0 heterocycles. The highest BCUT2D eigenvalue weighted by Crippen LogP contribution is 2.27. The van der Waals surface area contributed by atoms with Crippen LogP contribution in [0.3, 0.4) is 0 Å². The first-order valence-corrected chi connectivity index (χ1v) is 6.07. The summed E-state index contributed by atoms with van der Waals surface area (Å²) in [6.07, 6.45) is 1.38. The Morgan fingerprint density at radius 2 is 2.20 bits per heavy atom. The second kappa shape index (κ2) is 7.28. The summed E-state index contributed by atoms with van der Waals surface area (Å²) in [6, 6.07) is 4.46. The molecule has 0 aliphatic rings. The summed E-state index contributed by atoms with van der Waals surface area (Å²) < 4.78 is 18.6. The number of benzene rings is 1. The number of hydrogen-bond donors (Lipinski definition) is 2. The molecule has 0 saturated carbocycles. The summed E-state index contributed by atoms with van der Waals surface area (Å²) in [7, 11) is 1.39. The van der Waals surface area contributed by atoms with Gasteiger partial charge >= 0.3 is 0 Å². The molecule has 0 saturated heterocycles. The van der Waals surface area contributed by atoms with Gasteiger partial charge in [0.1, 0.15) is 17.1 Å². The van der Waals surface area contributed by atoms with Gasteiger partial charge in [-0.2, -0.15) is 0 Å². The van der Waals surface area contributed by atoms with Crippen molar-refractivity contribution in [2.75, 3.05) is 12.4 Å². The van der Waals surface area contributed by atoms with Gasteiger partial charge in [0.05, 0.1) is 13.4 Å². The van der Waals surface area contributed by atoms with Gasteiger partial charge in [-0.1, -0.05) is 12.6 Å². The molecule has 5 nitrogen and oxygen atoms in total. The van der Waals surface area contributed by atoms with Crippen LogP contribution in [0.15, 0.2) is 35.5 Å². The number of para-hydroxylation sites is 1. The number of rotatable bonds is 6. The third-order valence-electron chi connectivity index (χ3n) is 2.32. The molecular formula is C14H18FN3O2. The summed E-state index contributed by atoms with van der Waals surface area (Å²) >= 11 is 0. The van der Waals surface area contributed by atoms with Crippen LogP contribution in [0.25, 0.3) is 0 Å². The number of hydrogen-bond acceptors (Lipinski definition) is 3. The van der Waals surface area contributed by atoms with Crippen molar-refractivity contribution in [3.8, 4) is 5.75 Å². The summed E-state index contributed by atoms with van der Waals surface area (Å²) in [6.45, 7) is 7.38. The number of ether oxygens (including phenoxy) is 1. The zero-order valence-corrected chi connectivity index (χ0v) is 11.7. The van der Waals surface area contributed by atoms with Crippen LogP contribution in [0.1, 0.15) is 13.8 Å². The van der Waals surface area contributed by atoms with Crippen LogP contribution in [-0.2, 0) is 4.79 Å². The van der Waals surface area contributed by atoms with Crippen LogP contribution in [-0.4, -0.2) is 25.4 Å². The van der Waals surface area contributed by atoms with Gasteiger partial charge in [-0.25, -0.2) is 9.38 Å². The minimum atomic E-state index is -0.602. The molecule has 20 heavy (non-hydrogen) atoms. The molecule has 1 amide bonds. The molecule has 0 unspecified atom stereocenters. The maximum Gasteiger partial charge on any atom is 0.273 e. The first-order chi connectivity index (χ1) is 9.45. The molecule has 0 bridgehead atoms. The number of nitrogens with one attached hydrogen (secondary N) is 2. The van der Waals surface area contributed by atoms with E-state index in [4.69, 9.17) is 4.74 Å². The zero-order valence-electron chi connectivity index (χ0n) is 11.7. The number of halogens is 1. The van der Waals surface area contributed by atoms with Gasteiger partial charge in [0.2, 0.25) is 0 Å². The topological polar surface area (TPSA) is 62.7 Å². The Labute approximate surface area is 117 Å². The van der Waals surface area contributed by atoms with Gasteiger partial charge in [0, 0.05) is 6.04 Å². The van der Waals surface area contributed by atoms with Crippen molar-refractivity contribution in [2.45, 2.75) is 19.9 Å². The van der Waals surface area contributed by atoms with Crippen LogP contribution < -0.4 is 15.4 Å². The lowest BCUT2D eigenvalue weighted by Gasteiger charge is -2.10. The average Bonchev–Trinajstić information content (AvgIpc) is 2.40. The second-order valence-electron chi connectivity index (χ2n) is 4.30. The van der Waals surface area contributed by atoms with Crippen molar-refractivity contribution in [1.82, 2.24) is 5.32 Å². The second-order valence-corrected chi connectivity index (χ2v) is 4.30. The minimum Gasteiger partial charge on any atom is -0.494 e. The standard InChI is InChI=1S/C14H18FN3O2/c1-9(2)16-8-17-10(3)14(19)18-13-11(15)6-5-7-12(13)20-4/h5-9H,3H2,1-2,4H3,(H,16,17)(H,18,19). The Kier molecular flexibility index (Phi) is 5.71. The molecule has 2 N–H and O–H groups in total. The number of amides is 1. The lowest BCUT2D eigenvalue weighted by Crippen LogP contribution is -2.21. The molecule has 1 rings (SSSR count). The highest BCUT2D eigenvalue weighted by Gasteiger charge is 2.13. The number of carbonyl (C=O) groups is 1. The molecule has 0 atom stereocenters. The minimum absolute atomic E-state index is 0.0341. The highest BCUT2D eigenvalue weighted by molar-refractivity contribution is 6.04. The molecule has 0 aliphatic carbocycles. The number of methoxy groups -OCH3 is 1. The fraction of sp³-hybridized carbons (Fsp3) is 0.286. The molecule has 0 aromatic heterocycles. The van der Waals surface area contributed by atoms with E-state index in [0.717, 1.165) is 0 Å². The van der Waals surface area contributed by atoms with E-state index in [1.165, 1.54) is 25.6 Å². The Hall–Kier alpha value is -2.37. The van der Waals surface area contributed by atoms with E-state index >= 15 is 0 Å². The van der Waals surface area contributed by atoms with Crippen LogP contribution in [0.5, 0.6) is 5.75 Å². The Bertz CT molecular complexity index is 527. The third-order valence-corrected chi connectivity index (χ3v) is 2.32. The normalized spacial score (nSPS) is 10.7. The summed E-state index contributed by atoms with van der Waals surface area (Å²) in [4.78, 5) is 15.7. The lowest BCUT2D eigenvalue weighted by atomic mass is 10.2. The van der Waals surface area contributed by atoms with Crippen LogP contribution >= 0.6 is 0 Å². The predicted octanol–water partition coefficient (Wildman–Crippen LogP) is 2.31. The van der Waals surface area contributed by atoms with Crippen molar-refractivity contribution < 1.29 is 13.9 Å². The highest BCUT2D eigenvalue weighted by atomic mass is 19.1. The molecule has 0 aliphatic heterocycles. The largest absolute Gasteiger partial charge is 0.494 e. The molecule has 1 aromatic carbocycles. The van der Waals surface area contributed by atoms with Crippen molar-refractivity contribution >= 4 is 17.9 Å². The first kappa shape index (κ1) is 15.7. The molecule has 0 radical (unpaired) electrons.